The van der Waals surface area contributed by atoms with Gasteiger partial charge in [0, 0.05) is 72.4 Å². The van der Waals surface area contributed by atoms with E-state index in [9.17, 15) is 8.78 Å². The molecule has 230 valence electrons. The van der Waals surface area contributed by atoms with Gasteiger partial charge in [0.2, 0.25) is 0 Å². The van der Waals surface area contributed by atoms with Crippen molar-refractivity contribution >= 4 is 44.0 Å². The van der Waals surface area contributed by atoms with Gasteiger partial charge in [-0.1, -0.05) is 12.1 Å². The molecule has 1 atom stereocenters. The van der Waals surface area contributed by atoms with Crippen molar-refractivity contribution in [3.8, 4) is 22.3 Å². The molecule has 0 radical (unpaired) electrons. The summed E-state index contributed by atoms with van der Waals surface area (Å²) in [7, 11) is 2.18. The lowest BCUT2D eigenvalue weighted by Gasteiger charge is -2.41. The zero-order valence-electron chi connectivity index (χ0n) is 23.5. The number of fused-ring (bicyclic) bond motifs is 1. The largest absolute Gasteiger partial charge is 0.760 e. The summed E-state index contributed by atoms with van der Waals surface area (Å²) in [6.07, 6.45) is 7.72. The van der Waals surface area contributed by atoms with E-state index >= 15 is 4.39 Å². The minimum atomic E-state index is -2.36. The Balaban J connectivity index is 0.000000868. The van der Waals surface area contributed by atoms with Gasteiger partial charge in [-0.25, -0.2) is 23.1 Å². The Labute approximate surface area is 258 Å². The fourth-order valence-corrected chi connectivity index (χ4v) is 6.44. The second kappa shape index (κ2) is 13.4. The van der Waals surface area contributed by atoms with Crippen LogP contribution in [0.15, 0.2) is 47.3 Å². The molecule has 2 aromatic carbocycles. The molecule has 6 rings (SSSR count). The van der Waals surface area contributed by atoms with Crippen molar-refractivity contribution in [3.05, 3.63) is 64.8 Å². The molecule has 1 aliphatic carbocycles. The highest BCUT2D eigenvalue weighted by molar-refractivity contribution is 9.10. The Morgan fingerprint density at radius 3 is 2.19 bits per heavy atom. The van der Waals surface area contributed by atoms with Crippen molar-refractivity contribution in [3.63, 3.8) is 0 Å². The minimum absolute atomic E-state index is 0.0124. The quantitative estimate of drug-likeness (QED) is 0.230. The molecule has 3 heterocycles. The number of nitrogens with zero attached hydrogens (tertiary/aromatic N) is 5. The number of hydrogen-bond acceptors (Lipinski definition) is 7. The molecule has 43 heavy (non-hydrogen) atoms. The van der Waals surface area contributed by atoms with E-state index in [1.165, 1.54) is 18.5 Å². The van der Waals surface area contributed by atoms with Gasteiger partial charge in [-0.3, -0.25) is 14.2 Å². The highest BCUT2D eigenvalue weighted by Crippen LogP contribution is 2.40. The topological polar surface area (TPSA) is 129 Å². The monoisotopic (exact) mass is 678 g/mol. The predicted octanol–water partition coefficient (Wildman–Crippen LogP) is 5.00. The lowest BCUT2D eigenvalue weighted by atomic mass is 9.89. The van der Waals surface area contributed by atoms with Crippen molar-refractivity contribution in [2.24, 2.45) is 5.14 Å². The third kappa shape index (κ3) is 6.94. The minimum Gasteiger partial charge on any atom is -0.760 e. The van der Waals surface area contributed by atoms with Crippen LogP contribution in [0.25, 0.3) is 33.3 Å². The van der Waals surface area contributed by atoms with Crippen molar-refractivity contribution in [2.45, 2.75) is 37.8 Å². The molecule has 9 nitrogen and oxygen atoms in total. The zero-order valence-corrected chi connectivity index (χ0v) is 25.9. The predicted molar refractivity (Wildman–Crippen MR) is 164 cm³/mol. The summed E-state index contributed by atoms with van der Waals surface area (Å²) in [4.78, 5) is 13.8. The van der Waals surface area contributed by atoms with E-state index in [2.05, 4.69) is 52.5 Å². The second-order valence-corrected chi connectivity index (χ2v) is 12.3. The molecule has 2 fully saturated rings. The third-order valence-corrected chi connectivity index (χ3v) is 8.94. The lowest BCUT2D eigenvalue weighted by Crippen LogP contribution is -2.49. The SMILES string of the molecule is CN1CCN(C2CCC(n3cc(-c4ccc(-c5cc(F)c(Br)cc5F)c(F)c4)c4c(N)ncnc43)CC2)CC1.NS(=O)[O-]. The first-order chi connectivity index (χ1) is 20.5. The molecule has 0 bridgehead atoms. The van der Waals surface area contributed by atoms with Gasteiger partial charge in [-0.15, -0.1) is 0 Å². The number of aromatic nitrogens is 3. The zero-order chi connectivity index (χ0) is 30.8. The molecule has 4 aromatic rings. The summed E-state index contributed by atoms with van der Waals surface area (Å²) in [5.74, 6) is -1.70. The smallest absolute Gasteiger partial charge is 0.146 e. The molecule has 0 amide bonds. The second-order valence-electron chi connectivity index (χ2n) is 10.9. The van der Waals surface area contributed by atoms with E-state index in [0.29, 0.717) is 22.8 Å². The van der Waals surface area contributed by atoms with Gasteiger partial charge in [-0.2, -0.15) is 0 Å². The molecule has 1 aliphatic heterocycles. The van der Waals surface area contributed by atoms with Gasteiger partial charge in [0.15, 0.2) is 0 Å². The first-order valence-corrected chi connectivity index (χ1v) is 15.8. The van der Waals surface area contributed by atoms with Crippen LogP contribution in [0.4, 0.5) is 19.0 Å². The van der Waals surface area contributed by atoms with E-state index in [-0.39, 0.29) is 21.6 Å². The fraction of sp³-hybridized carbons (Fsp3) is 0.379. The van der Waals surface area contributed by atoms with Crippen LogP contribution in [0.2, 0.25) is 0 Å². The maximum absolute atomic E-state index is 15.4. The van der Waals surface area contributed by atoms with Gasteiger partial charge < -0.3 is 19.8 Å². The van der Waals surface area contributed by atoms with Crippen LogP contribution >= 0.6 is 15.9 Å². The first kappa shape index (κ1) is 31.5. The highest BCUT2D eigenvalue weighted by atomic mass is 79.9. The van der Waals surface area contributed by atoms with Crippen LogP contribution in [0.3, 0.4) is 0 Å². The molecule has 14 heteroatoms. The Hall–Kier alpha value is -2.88. The van der Waals surface area contributed by atoms with Gasteiger partial charge in [0.05, 0.1) is 9.86 Å². The number of nitrogens with two attached hydrogens (primary N) is 2. The Morgan fingerprint density at radius 1 is 0.907 bits per heavy atom. The van der Waals surface area contributed by atoms with Gasteiger partial charge in [0.25, 0.3) is 0 Å². The molecule has 0 spiro atoms. The molecular formula is C29H32BrF3N7O2S-. The highest BCUT2D eigenvalue weighted by Gasteiger charge is 2.30. The average molecular weight is 680 g/mol. The van der Waals surface area contributed by atoms with Gasteiger partial charge in [0.1, 0.15) is 35.2 Å². The number of hydrogen-bond donors (Lipinski definition) is 2. The number of benzene rings is 2. The van der Waals surface area contributed by atoms with E-state index in [0.717, 1.165) is 75.2 Å². The average Bonchev–Trinajstić information content (AvgIpc) is 3.36. The molecular weight excluding hydrogens is 647 g/mol. The number of likely N-dealkylation sites (N-methyl/N-ethyl adjacent to an activating group) is 1. The third-order valence-electron chi connectivity index (χ3n) is 8.33. The summed E-state index contributed by atoms with van der Waals surface area (Å²) >= 11 is 0.604. The van der Waals surface area contributed by atoms with Crippen LogP contribution in [0, 0.1) is 17.5 Å². The van der Waals surface area contributed by atoms with E-state index in [1.807, 2.05) is 6.20 Å². The molecule has 2 aliphatic rings. The number of rotatable bonds is 4. The standard InChI is InChI=1S/C29H30BrF3N6.H3NO2S/c1-37-8-10-38(11-9-37)18-3-5-19(6-4-18)39-15-22(27-28(34)35-16-36-29(27)39)17-2-7-20(24(31)12-17)21-13-26(33)23(30)14-25(21)32;1-4(2)3/h2,7,12-16,18-19H,3-6,8-11H2,1H3,(H2,34,35,36);1H2,(H,2,3)/p-1. The molecule has 4 N–H and O–H groups in total. The normalized spacial score (nSPS) is 20.5. The molecule has 1 saturated heterocycles. The van der Waals surface area contributed by atoms with Crippen LogP contribution < -0.4 is 10.9 Å². The van der Waals surface area contributed by atoms with Crippen LogP contribution in [-0.4, -0.2) is 72.4 Å². The number of nitrogen functional groups attached to an aromatic ring is 1. The Kier molecular flexibility index (Phi) is 9.83. The van der Waals surface area contributed by atoms with Crippen molar-refractivity contribution in [1.29, 1.82) is 0 Å². The van der Waals surface area contributed by atoms with E-state index < -0.39 is 28.7 Å². The molecule has 1 unspecified atom stereocenters. The number of anilines is 1. The summed E-state index contributed by atoms with van der Waals surface area (Å²) in [6, 6.07) is 7.36. The van der Waals surface area contributed by atoms with E-state index in [4.69, 9.17) is 14.5 Å². The van der Waals surface area contributed by atoms with Crippen molar-refractivity contribution in [1.82, 2.24) is 24.3 Å². The Morgan fingerprint density at radius 2 is 1.53 bits per heavy atom. The maximum atomic E-state index is 15.4. The molecule has 1 saturated carbocycles. The van der Waals surface area contributed by atoms with E-state index in [1.54, 1.807) is 6.07 Å². The van der Waals surface area contributed by atoms with Crippen molar-refractivity contribution in [2.75, 3.05) is 39.0 Å². The summed E-state index contributed by atoms with van der Waals surface area (Å²) in [5, 5.41) is 4.70. The van der Waals surface area contributed by atoms with Crippen LogP contribution in [0.5, 0.6) is 0 Å². The lowest BCUT2D eigenvalue weighted by molar-refractivity contribution is 0.0828. The fourth-order valence-electron chi connectivity index (χ4n) is 6.12. The van der Waals surface area contributed by atoms with Crippen LogP contribution in [-0.2, 0) is 11.3 Å². The van der Waals surface area contributed by atoms with Crippen LogP contribution in [0.1, 0.15) is 31.7 Å². The summed E-state index contributed by atoms with van der Waals surface area (Å²) in [5.41, 5.74) is 8.18. The summed E-state index contributed by atoms with van der Waals surface area (Å²) in [6.45, 7) is 4.45. The maximum Gasteiger partial charge on any atom is 0.146 e. The summed E-state index contributed by atoms with van der Waals surface area (Å²) < 4.78 is 63.7. The van der Waals surface area contributed by atoms with Crippen molar-refractivity contribution < 1.29 is 21.9 Å². The molecule has 2 aromatic heterocycles. The number of halogens is 4. The van der Waals surface area contributed by atoms with Gasteiger partial charge in [-0.05, 0) is 72.4 Å². The van der Waals surface area contributed by atoms with Gasteiger partial charge >= 0.3 is 0 Å². The number of piperazine rings is 1. The first-order valence-electron chi connectivity index (χ1n) is 13.9. The Bertz CT molecular complexity index is 1640.